The van der Waals surface area contributed by atoms with Crippen molar-refractivity contribution in [2.75, 3.05) is 6.61 Å². The highest BCUT2D eigenvalue weighted by atomic mass is 32.1. The van der Waals surface area contributed by atoms with Crippen molar-refractivity contribution in [3.8, 4) is 0 Å². The lowest BCUT2D eigenvalue weighted by Crippen LogP contribution is -2.40. The molecule has 19 heavy (non-hydrogen) atoms. The van der Waals surface area contributed by atoms with Crippen LogP contribution >= 0.6 is 11.3 Å². The molecule has 0 aliphatic rings. The van der Waals surface area contributed by atoms with Crippen molar-refractivity contribution in [3.05, 3.63) is 22.4 Å². The maximum Gasteiger partial charge on any atom is 0.345 e. The van der Waals surface area contributed by atoms with E-state index in [1.54, 1.807) is 11.3 Å². The summed E-state index contributed by atoms with van der Waals surface area (Å²) in [6, 6.07) is 1.91. The highest BCUT2D eigenvalue weighted by Gasteiger charge is 2.32. The van der Waals surface area contributed by atoms with E-state index >= 15 is 0 Å². The normalized spacial score (nSPS) is 13.6. The molecule has 1 heterocycles. The van der Waals surface area contributed by atoms with Crippen LogP contribution in [0.4, 0.5) is 8.78 Å². The molecule has 1 aromatic rings. The van der Waals surface area contributed by atoms with Crippen LogP contribution in [-0.2, 0) is 16.1 Å². The number of hydrogen-bond donors (Lipinski definition) is 1. The Morgan fingerprint density at radius 1 is 1.47 bits per heavy atom. The molecule has 0 saturated carbocycles. The summed E-state index contributed by atoms with van der Waals surface area (Å²) in [5.41, 5.74) is 0.564. The SMILES string of the molecule is CC(C)(C)[C@H](COC(F)F)C(=O)NCc1ccsc1. The molecule has 0 aliphatic heterocycles. The Hall–Kier alpha value is -1.01. The maximum atomic E-state index is 12.1. The first-order valence-corrected chi connectivity index (χ1v) is 6.93. The van der Waals surface area contributed by atoms with Gasteiger partial charge in [-0.3, -0.25) is 4.79 Å². The molecule has 0 spiro atoms. The third-order valence-corrected chi connectivity index (χ3v) is 3.53. The van der Waals surface area contributed by atoms with Gasteiger partial charge in [-0.15, -0.1) is 0 Å². The molecule has 1 amide bonds. The lowest BCUT2D eigenvalue weighted by atomic mass is 9.80. The van der Waals surface area contributed by atoms with Crippen LogP contribution in [0.2, 0.25) is 0 Å². The van der Waals surface area contributed by atoms with E-state index < -0.39 is 17.9 Å². The molecule has 0 aliphatic carbocycles. The first-order chi connectivity index (χ1) is 8.80. The second-order valence-electron chi connectivity index (χ2n) is 5.36. The van der Waals surface area contributed by atoms with Crippen LogP contribution in [0.15, 0.2) is 16.8 Å². The van der Waals surface area contributed by atoms with Crippen molar-refractivity contribution in [2.45, 2.75) is 33.9 Å². The number of ether oxygens (including phenoxy) is 1. The van der Waals surface area contributed by atoms with Crippen molar-refractivity contribution < 1.29 is 18.3 Å². The van der Waals surface area contributed by atoms with Crippen LogP contribution < -0.4 is 5.32 Å². The molecular weight excluding hydrogens is 272 g/mol. The zero-order valence-electron chi connectivity index (χ0n) is 11.3. The molecule has 1 N–H and O–H groups in total. The number of rotatable bonds is 6. The van der Waals surface area contributed by atoms with Crippen LogP contribution in [0.1, 0.15) is 26.3 Å². The summed E-state index contributed by atoms with van der Waals surface area (Å²) in [6.45, 7) is 2.76. The number of nitrogens with one attached hydrogen (secondary N) is 1. The minimum Gasteiger partial charge on any atom is -0.352 e. The van der Waals surface area contributed by atoms with Gasteiger partial charge in [-0.05, 0) is 27.8 Å². The average molecular weight is 291 g/mol. The van der Waals surface area contributed by atoms with Gasteiger partial charge in [0.2, 0.25) is 5.91 Å². The second-order valence-corrected chi connectivity index (χ2v) is 6.14. The highest BCUT2D eigenvalue weighted by molar-refractivity contribution is 7.07. The molecule has 1 atom stereocenters. The van der Waals surface area contributed by atoms with Gasteiger partial charge in [-0.2, -0.15) is 20.1 Å². The number of alkyl halides is 2. The van der Waals surface area contributed by atoms with E-state index in [2.05, 4.69) is 10.1 Å². The van der Waals surface area contributed by atoms with Crippen LogP contribution in [0.25, 0.3) is 0 Å². The number of hydrogen-bond acceptors (Lipinski definition) is 3. The van der Waals surface area contributed by atoms with Gasteiger partial charge in [0.1, 0.15) is 0 Å². The molecule has 0 bridgehead atoms. The summed E-state index contributed by atoms with van der Waals surface area (Å²) in [7, 11) is 0. The van der Waals surface area contributed by atoms with Gasteiger partial charge in [0.05, 0.1) is 12.5 Å². The van der Waals surface area contributed by atoms with Crippen molar-refractivity contribution in [1.82, 2.24) is 5.32 Å². The molecule has 0 aromatic carbocycles. The van der Waals surface area contributed by atoms with E-state index in [1.807, 2.05) is 37.6 Å². The second kappa shape index (κ2) is 6.96. The third kappa shape index (κ3) is 5.65. The smallest absolute Gasteiger partial charge is 0.345 e. The van der Waals surface area contributed by atoms with Crippen molar-refractivity contribution in [2.24, 2.45) is 11.3 Å². The van der Waals surface area contributed by atoms with Gasteiger partial charge in [0, 0.05) is 6.54 Å². The first-order valence-electron chi connectivity index (χ1n) is 5.99. The predicted molar refractivity (Wildman–Crippen MR) is 71.1 cm³/mol. The molecule has 6 heteroatoms. The van der Waals surface area contributed by atoms with Crippen molar-refractivity contribution in [1.29, 1.82) is 0 Å². The van der Waals surface area contributed by atoms with Crippen LogP contribution in [0.5, 0.6) is 0 Å². The van der Waals surface area contributed by atoms with Crippen molar-refractivity contribution >= 4 is 17.2 Å². The first kappa shape index (κ1) is 16.0. The Labute approximate surface area is 116 Å². The molecule has 108 valence electrons. The van der Waals surface area contributed by atoms with Gasteiger partial charge < -0.3 is 10.1 Å². The number of thiophene rings is 1. The van der Waals surface area contributed by atoms with E-state index in [0.29, 0.717) is 6.54 Å². The molecule has 1 rings (SSSR count). The van der Waals surface area contributed by atoms with Gasteiger partial charge in [-0.25, -0.2) is 0 Å². The topological polar surface area (TPSA) is 38.3 Å². The number of halogens is 2. The Morgan fingerprint density at radius 2 is 2.16 bits per heavy atom. The molecule has 1 aromatic heterocycles. The minimum absolute atomic E-state index is 0.264. The fourth-order valence-electron chi connectivity index (χ4n) is 1.59. The molecule has 3 nitrogen and oxygen atoms in total. The lowest BCUT2D eigenvalue weighted by Gasteiger charge is -2.29. The van der Waals surface area contributed by atoms with Crippen molar-refractivity contribution in [3.63, 3.8) is 0 Å². The standard InChI is InChI=1S/C13H19F2NO2S/c1-13(2,3)10(7-18-12(14)15)11(17)16-6-9-4-5-19-8-9/h4-5,8,10,12H,6-7H2,1-3H3,(H,16,17)/t10-/m1/s1. The molecular formula is C13H19F2NO2S. The van der Waals surface area contributed by atoms with E-state index in [1.165, 1.54) is 0 Å². The van der Waals surface area contributed by atoms with Crippen LogP contribution in [-0.4, -0.2) is 19.1 Å². The summed E-state index contributed by atoms with van der Waals surface area (Å²) in [5, 5.41) is 6.61. The maximum absolute atomic E-state index is 12.1. The molecule has 0 fully saturated rings. The highest BCUT2D eigenvalue weighted by Crippen LogP contribution is 2.27. The fraction of sp³-hybridized carbons (Fsp3) is 0.615. The van der Waals surface area contributed by atoms with E-state index in [4.69, 9.17) is 0 Å². The Bertz CT molecular complexity index is 388. The Kier molecular flexibility index (Phi) is 5.87. The zero-order valence-corrected chi connectivity index (χ0v) is 12.1. The van der Waals surface area contributed by atoms with Gasteiger partial charge in [0.15, 0.2) is 0 Å². The quantitative estimate of drug-likeness (QED) is 0.873. The zero-order chi connectivity index (χ0) is 14.5. The minimum atomic E-state index is -2.85. The van der Waals surface area contributed by atoms with E-state index in [0.717, 1.165) is 5.56 Å². The molecule has 0 radical (unpaired) electrons. The van der Waals surface area contributed by atoms with E-state index in [9.17, 15) is 13.6 Å². The summed E-state index contributed by atoms with van der Waals surface area (Å²) in [6.07, 6.45) is 0. The van der Waals surface area contributed by atoms with Crippen LogP contribution in [0, 0.1) is 11.3 Å². The average Bonchev–Trinajstić information content (AvgIpc) is 2.76. The van der Waals surface area contributed by atoms with Gasteiger partial charge in [-0.1, -0.05) is 20.8 Å². The predicted octanol–water partition coefficient (Wildman–Crippen LogP) is 3.27. The fourth-order valence-corrected chi connectivity index (χ4v) is 2.26. The monoisotopic (exact) mass is 291 g/mol. The lowest BCUT2D eigenvalue weighted by molar-refractivity contribution is -0.156. The van der Waals surface area contributed by atoms with Crippen LogP contribution in [0.3, 0.4) is 0 Å². The van der Waals surface area contributed by atoms with E-state index in [-0.39, 0.29) is 12.5 Å². The summed E-state index contributed by atoms with van der Waals surface area (Å²) < 4.78 is 28.5. The van der Waals surface area contributed by atoms with Gasteiger partial charge in [0.25, 0.3) is 0 Å². The largest absolute Gasteiger partial charge is 0.352 e. The Morgan fingerprint density at radius 3 is 2.63 bits per heavy atom. The third-order valence-electron chi connectivity index (χ3n) is 2.80. The summed E-state index contributed by atoms with van der Waals surface area (Å²) in [5.74, 6) is -0.875. The number of carbonyl (C=O) groups is 1. The molecule has 0 unspecified atom stereocenters. The number of amides is 1. The van der Waals surface area contributed by atoms with Gasteiger partial charge >= 0.3 is 6.61 Å². The summed E-state index contributed by atoms with van der Waals surface area (Å²) >= 11 is 1.54. The summed E-state index contributed by atoms with van der Waals surface area (Å²) in [4.78, 5) is 12.1. The number of carbonyl (C=O) groups excluding carboxylic acids is 1. The Balaban J connectivity index is 2.56. The molecule has 0 saturated heterocycles.